The Balaban J connectivity index is 2.30. The highest BCUT2D eigenvalue weighted by atomic mass is 79.9. The topological polar surface area (TPSA) is 24.9 Å². The van der Waals surface area contributed by atoms with Crippen molar-refractivity contribution in [2.24, 2.45) is 0 Å². The molecule has 90 valence electrons. The lowest BCUT2D eigenvalue weighted by Gasteiger charge is -2.18. The SMILES string of the molecule is CCCNC(c1ccsc1)c1ncccc1Br. The normalized spacial score (nSPS) is 12.6. The number of rotatable bonds is 5. The standard InChI is InChI=1S/C13H15BrN2S/c1-2-6-15-12(10-5-8-17-9-10)13-11(14)4-3-7-16-13/h3-5,7-9,12,15H,2,6H2,1H3. The summed E-state index contributed by atoms with van der Waals surface area (Å²) >= 11 is 5.29. The van der Waals surface area contributed by atoms with Gasteiger partial charge in [-0.1, -0.05) is 6.92 Å². The first-order valence-electron chi connectivity index (χ1n) is 5.68. The minimum Gasteiger partial charge on any atom is -0.305 e. The molecule has 0 saturated carbocycles. The summed E-state index contributed by atoms with van der Waals surface area (Å²) in [4.78, 5) is 4.48. The van der Waals surface area contributed by atoms with Gasteiger partial charge in [0.25, 0.3) is 0 Å². The quantitative estimate of drug-likeness (QED) is 0.903. The van der Waals surface area contributed by atoms with Crippen LogP contribution >= 0.6 is 27.3 Å². The Kier molecular flexibility index (Phi) is 4.71. The molecule has 1 N–H and O–H groups in total. The van der Waals surface area contributed by atoms with Gasteiger partial charge in [-0.2, -0.15) is 11.3 Å². The third-order valence-electron chi connectivity index (χ3n) is 2.54. The second-order valence-electron chi connectivity index (χ2n) is 3.81. The van der Waals surface area contributed by atoms with Gasteiger partial charge in [0.05, 0.1) is 11.7 Å². The van der Waals surface area contributed by atoms with Gasteiger partial charge in [0, 0.05) is 10.7 Å². The molecule has 2 rings (SSSR count). The maximum Gasteiger partial charge on any atom is 0.0771 e. The maximum atomic E-state index is 4.48. The van der Waals surface area contributed by atoms with Crippen molar-refractivity contribution in [2.75, 3.05) is 6.54 Å². The van der Waals surface area contributed by atoms with Crippen LogP contribution in [0.15, 0.2) is 39.6 Å². The lowest BCUT2D eigenvalue weighted by Crippen LogP contribution is -2.24. The molecule has 4 heteroatoms. The van der Waals surface area contributed by atoms with Crippen LogP contribution in [-0.4, -0.2) is 11.5 Å². The monoisotopic (exact) mass is 310 g/mol. The van der Waals surface area contributed by atoms with Crippen molar-refractivity contribution in [1.82, 2.24) is 10.3 Å². The Morgan fingerprint density at radius 3 is 3.00 bits per heavy atom. The second kappa shape index (κ2) is 6.28. The van der Waals surface area contributed by atoms with E-state index in [-0.39, 0.29) is 6.04 Å². The van der Waals surface area contributed by atoms with Crippen LogP contribution < -0.4 is 5.32 Å². The molecule has 0 amide bonds. The number of thiophene rings is 1. The lowest BCUT2D eigenvalue weighted by molar-refractivity contribution is 0.586. The van der Waals surface area contributed by atoms with Crippen molar-refractivity contribution in [1.29, 1.82) is 0 Å². The molecule has 2 nitrogen and oxygen atoms in total. The molecule has 0 spiro atoms. The van der Waals surface area contributed by atoms with Crippen molar-refractivity contribution in [3.05, 3.63) is 50.9 Å². The fourth-order valence-electron chi connectivity index (χ4n) is 1.71. The van der Waals surface area contributed by atoms with Crippen LogP contribution in [0.2, 0.25) is 0 Å². The van der Waals surface area contributed by atoms with E-state index in [0.29, 0.717) is 0 Å². The van der Waals surface area contributed by atoms with Gasteiger partial charge in [0.15, 0.2) is 0 Å². The fourth-order valence-corrected chi connectivity index (χ4v) is 2.88. The molecule has 0 aromatic carbocycles. The summed E-state index contributed by atoms with van der Waals surface area (Å²) in [6.07, 6.45) is 2.96. The molecule has 1 atom stereocenters. The number of nitrogens with zero attached hydrogens (tertiary/aromatic N) is 1. The lowest BCUT2D eigenvalue weighted by atomic mass is 10.1. The molecule has 1 unspecified atom stereocenters. The van der Waals surface area contributed by atoms with Crippen LogP contribution in [0, 0.1) is 0 Å². The van der Waals surface area contributed by atoms with Gasteiger partial charge >= 0.3 is 0 Å². The van der Waals surface area contributed by atoms with E-state index < -0.39 is 0 Å². The summed E-state index contributed by atoms with van der Waals surface area (Å²) in [6.45, 7) is 3.16. The average molecular weight is 311 g/mol. The van der Waals surface area contributed by atoms with Gasteiger partial charge in [-0.05, 0) is 63.4 Å². The molecular weight excluding hydrogens is 296 g/mol. The Hall–Kier alpha value is -0.710. The van der Waals surface area contributed by atoms with Gasteiger partial charge in [-0.25, -0.2) is 0 Å². The Morgan fingerprint density at radius 1 is 1.47 bits per heavy atom. The molecule has 0 aliphatic rings. The molecule has 2 aromatic heterocycles. The number of hydrogen-bond donors (Lipinski definition) is 1. The summed E-state index contributed by atoms with van der Waals surface area (Å²) < 4.78 is 1.06. The van der Waals surface area contributed by atoms with E-state index in [1.807, 2.05) is 18.3 Å². The predicted molar refractivity (Wildman–Crippen MR) is 76.4 cm³/mol. The van der Waals surface area contributed by atoms with E-state index in [0.717, 1.165) is 23.1 Å². The van der Waals surface area contributed by atoms with Gasteiger partial charge < -0.3 is 5.32 Å². The number of nitrogens with one attached hydrogen (secondary N) is 1. The predicted octanol–water partition coefficient (Wildman–Crippen LogP) is 3.99. The molecule has 2 heterocycles. The zero-order chi connectivity index (χ0) is 12.1. The summed E-state index contributed by atoms with van der Waals surface area (Å²) in [5.41, 5.74) is 2.34. The number of pyridine rings is 1. The van der Waals surface area contributed by atoms with Crippen LogP contribution in [0.4, 0.5) is 0 Å². The van der Waals surface area contributed by atoms with Crippen LogP contribution in [0.3, 0.4) is 0 Å². The van der Waals surface area contributed by atoms with Gasteiger partial charge in [0.1, 0.15) is 0 Å². The zero-order valence-corrected chi connectivity index (χ0v) is 12.1. The summed E-state index contributed by atoms with van der Waals surface area (Å²) in [7, 11) is 0. The first kappa shape index (κ1) is 12.7. The highest BCUT2D eigenvalue weighted by Gasteiger charge is 2.17. The fraction of sp³-hybridized carbons (Fsp3) is 0.308. The maximum absolute atomic E-state index is 4.48. The van der Waals surface area contributed by atoms with E-state index in [1.165, 1.54) is 5.56 Å². The van der Waals surface area contributed by atoms with E-state index in [9.17, 15) is 0 Å². The molecule has 0 bridgehead atoms. The molecular formula is C13H15BrN2S. The van der Waals surface area contributed by atoms with Crippen LogP contribution in [-0.2, 0) is 0 Å². The van der Waals surface area contributed by atoms with E-state index in [2.05, 4.69) is 50.0 Å². The number of halogens is 1. The van der Waals surface area contributed by atoms with E-state index >= 15 is 0 Å². The van der Waals surface area contributed by atoms with Crippen molar-refractivity contribution >= 4 is 27.3 Å². The summed E-state index contributed by atoms with van der Waals surface area (Å²) in [5, 5.41) is 7.82. The minimum absolute atomic E-state index is 0.178. The molecule has 0 aliphatic carbocycles. The minimum atomic E-state index is 0.178. The second-order valence-corrected chi connectivity index (χ2v) is 5.45. The van der Waals surface area contributed by atoms with E-state index in [4.69, 9.17) is 0 Å². The van der Waals surface area contributed by atoms with Gasteiger partial charge in [-0.15, -0.1) is 0 Å². The first-order chi connectivity index (χ1) is 8.33. The Labute approximate surface area is 114 Å². The smallest absolute Gasteiger partial charge is 0.0771 e. The highest BCUT2D eigenvalue weighted by Crippen LogP contribution is 2.27. The molecule has 0 radical (unpaired) electrons. The first-order valence-corrected chi connectivity index (χ1v) is 7.42. The molecule has 0 saturated heterocycles. The Morgan fingerprint density at radius 2 is 2.35 bits per heavy atom. The molecule has 2 aromatic rings. The van der Waals surface area contributed by atoms with Crippen molar-refractivity contribution in [2.45, 2.75) is 19.4 Å². The molecule has 0 aliphatic heterocycles. The van der Waals surface area contributed by atoms with Crippen LogP contribution in [0.25, 0.3) is 0 Å². The average Bonchev–Trinajstić information content (AvgIpc) is 2.85. The van der Waals surface area contributed by atoms with Crippen molar-refractivity contribution < 1.29 is 0 Å². The van der Waals surface area contributed by atoms with E-state index in [1.54, 1.807) is 11.3 Å². The van der Waals surface area contributed by atoms with Gasteiger partial charge in [0.2, 0.25) is 0 Å². The zero-order valence-electron chi connectivity index (χ0n) is 9.69. The molecule has 0 fully saturated rings. The van der Waals surface area contributed by atoms with Gasteiger partial charge in [-0.3, -0.25) is 4.98 Å². The number of aromatic nitrogens is 1. The molecule has 17 heavy (non-hydrogen) atoms. The highest BCUT2D eigenvalue weighted by molar-refractivity contribution is 9.10. The third-order valence-corrected chi connectivity index (χ3v) is 3.91. The number of hydrogen-bond acceptors (Lipinski definition) is 3. The van der Waals surface area contributed by atoms with Crippen molar-refractivity contribution in [3.8, 4) is 0 Å². The summed E-state index contributed by atoms with van der Waals surface area (Å²) in [5.74, 6) is 0. The van der Waals surface area contributed by atoms with Crippen LogP contribution in [0.5, 0.6) is 0 Å². The van der Waals surface area contributed by atoms with Crippen molar-refractivity contribution in [3.63, 3.8) is 0 Å². The summed E-state index contributed by atoms with van der Waals surface area (Å²) in [6, 6.07) is 6.31. The Bertz CT molecular complexity index is 456. The largest absolute Gasteiger partial charge is 0.305 e. The van der Waals surface area contributed by atoms with Crippen LogP contribution in [0.1, 0.15) is 30.6 Å². The third kappa shape index (κ3) is 3.15.